The van der Waals surface area contributed by atoms with Gasteiger partial charge in [0, 0.05) is 0 Å². The van der Waals surface area contributed by atoms with Gasteiger partial charge in [-0.25, -0.2) is 4.99 Å². The molecule has 0 aromatic heterocycles. The average molecular weight is 444 g/mol. The molecule has 1 fully saturated rings. The van der Waals surface area contributed by atoms with E-state index in [4.69, 9.17) is 4.74 Å². The van der Waals surface area contributed by atoms with Crippen LogP contribution in [0.3, 0.4) is 0 Å². The van der Waals surface area contributed by atoms with Crippen molar-refractivity contribution in [2.75, 3.05) is 0 Å². The summed E-state index contributed by atoms with van der Waals surface area (Å²) in [7, 11) is 0. The molecular formula is C25H19N2O4S-. The van der Waals surface area contributed by atoms with Crippen LogP contribution in [0.15, 0.2) is 82.7 Å². The molecule has 32 heavy (non-hydrogen) atoms. The van der Waals surface area contributed by atoms with Crippen LogP contribution in [-0.4, -0.2) is 17.0 Å². The zero-order chi connectivity index (χ0) is 22.5. The van der Waals surface area contributed by atoms with Gasteiger partial charge in [0.25, 0.3) is 5.91 Å². The summed E-state index contributed by atoms with van der Waals surface area (Å²) >= 11 is 1.29. The molecule has 0 bridgehead atoms. The molecule has 0 saturated carbocycles. The fourth-order valence-corrected chi connectivity index (χ4v) is 3.83. The zero-order valence-corrected chi connectivity index (χ0v) is 18.0. The van der Waals surface area contributed by atoms with E-state index in [-0.39, 0.29) is 18.1 Å². The lowest BCUT2D eigenvalue weighted by atomic mass is 10.1. The van der Waals surface area contributed by atoms with E-state index in [9.17, 15) is 14.7 Å². The lowest BCUT2D eigenvalue weighted by molar-refractivity contribution is -0.255. The number of nitrogens with zero attached hydrogens (tertiary/aromatic N) is 1. The van der Waals surface area contributed by atoms with Gasteiger partial charge in [0.1, 0.15) is 12.4 Å². The van der Waals surface area contributed by atoms with Gasteiger partial charge in [-0.05, 0) is 71.8 Å². The number of amidine groups is 1. The van der Waals surface area contributed by atoms with Gasteiger partial charge in [0.05, 0.1) is 16.6 Å². The number of aryl methyl sites for hydroxylation is 1. The minimum Gasteiger partial charge on any atom is -0.545 e. The molecule has 1 amide bonds. The second-order valence-corrected chi connectivity index (χ2v) is 8.19. The van der Waals surface area contributed by atoms with Crippen LogP contribution >= 0.6 is 11.8 Å². The number of carboxylic acid groups (broad SMARTS) is 1. The van der Waals surface area contributed by atoms with E-state index in [0.717, 1.165) is 22.4 Å². The molecule has 1 aliphatic heterocycles. The Kier molecular flexibility index (Phi) is 6.37. The molecule has 3 aromatic carbocycles. The first-order chi connectivity index (χ1) is 15.5. The van der Waals surface area contributed by atoms with Crippen molar-refractivity contribution in [3.8, 4) is 5.75 Å². The number of benzene rings is 3. The molecule has 1 saturated heterocycles. The Morgan fingerprint density at radius 1 is 1.09 bits per heavy atom. The summed E-state index contributed by atoms with van der Waals surface area (Å²) < 4.78 is 5.73. The minimum atomic E-state index is -1.22. The van der Waals surface area contributed by atoms with Gasteiger partial charge in [0.2, 0.25) is 0 Å². The third kappa shape index (κ3) is 5.44. The Labute approximate surface area is 189 Å². The highest BCUT2D eigenvalue weighted by atomic mass is 32.2. The van der Waals surface area contributed by atoms with E-state index in [2.05, 4.69) is 10.3 Å². The van der Waals surface area contributed by atoms with Crippen LogP contribution in [0.4, 0.5) is 5.69 Å². The van der Waals surface area contributed by atoms with E-state index >= 15 is 0 Å². The smallest absolute Gasteiger partial charge is 0.264 e. The summed E-state index contributed by atoms with van der Waals surface area (Å²) in [6, 6.07) is 21.5. The van der Waals surface area contributed by atoms with Crippen molar-refractivity contribution in [1.29, 1.82) is 0 Å². The quantitative estimate of drug-likeness (QED) is 0.585. The van der Waals surface area contributed by atoms with Crippen LogP contribution in [0.1, 0.15) is 27.0 Å². The average Bonchev–Trinajstić information content (AvgIpc) is 3.13. The summed E-state index contributed by atoms with van der Waals surface area (Å²) in [6.07, 6.45) is 1.80. The number of carbonyl (C=O) groups is 2. The summed E-state index contributed by atoms with van der Waals surface area (Å²) in [6.45, 7) is 2.24. The highest BCUT2D eigenvalue weighted by Crippen LogP contribution is 2.28. The van der Waals surface area contributed by atoms with Crippen LogP contribution in [0.2, 0.25) is 0 Å². The van der Waals surface area contributed by atoms with Crippen molar-refractivity contribution in [3.63, 3.8) is 0 Å². The Hall–Kier alpha value is -3.84. The van der Waals surface area contributed by atoms with E-state index in [0.29, 0.717) is 15.8 Å². The lowest BCUT2D eigenvalue weighted by Gasteiger charge is -2.08. The summed E-state index contributed by atoms with van der Waals surface area (Å²) in [4.78, 5) is 28.3. The number of carboxylic acids is 1. The van der Waals surface area contributed by atoms with Crippen LogP contribution in [-0.2, 0) is 11.4 Å². The van der Waals surface area contributed by atoms with Gasteiger partial charge < -0.3 is 20.0 Å². The van der Waals surface area contributed by atoms with Gasteiger partial charge in [-0.3, -0.25) is 4.79 Å². The van der Waals surface area contributed by atoms with Crippen molar-refractivity contribution < 1.29 is 19.4 Å². The molecule has 0 atom stereocenters. The normalized spacial score (nSPS) is 15.7. The van der Waals surface area contributed by atoms with E-state index in [1.165, 1.54) is 23.9 Å². The Morgan fingerprint density at radius 2 is 1.84 bits per heavy atom. The largest absolute Gasteiger partial charge is 0.545 e. The van der Waals surface area contributed by atoms with Crippen LogP contribution < -0.4 is 15.2 Å². The molecule has 1 N–H and O–H groups in total. The van der Waals surface area contributed by atoms with Crippen LogP contribution in [0.25, 0.3) is 6.08 Å². The predicted molar refractivity (Wildman–Crippen MR) is 124 cm³/mol. The Morgan fingerprint density at radius 3 is 2.56 bits per heavy atom. The topological polar surface area (TPSA) is 90.8 Å². The van der Waals surface area contributed by atoms with E-state index in [1.54, 1.807) is 30.3 Å². The van der Waals surface area contributed by atoms with Crippen molar-refractivity contribution >= 4 is 40.6 Å². The number of hydrogen-bond acceptors (Lipinski definition) is 6. The van der Waals surface area contributed by atoms with Gasteiger partial charge in [0.15, 0.2) is 5.17 Å². The molecule has 1 heterocycles. The van der Waals surface area contributed by atoms with Crippen molar-refractivity contribution in [1.82, 2.24) is 5.32 Å². The number of amides is 1. The Bertz CT molecular complexity index is 1220. The lowest BCUT2D eigenvalue weighted by Crippen LogP contribution is -2.22. The van der Waals surface area contributed by atoms with Gasteiger partial charge in [-0.15, -0.1) is 0 Å². The molecule has 0 radical (unpaired) electrons. The van der Waals surface area contributed by atoms with Gasteiger partial charge in [-0.1, -0.05) is 48.0 Å². The number of ether oxygens (including phenoxy) is 1. The maximum atomic E-state index is 12.3. The molecule has 0 aliphatic carbocycles. The van der Waals surface area contributed by atoms with Crippen molar-refractivity contribution in [3.05, 3.63) is 100.0 Å². The maximum Gasteiger partial charge on any atom is 0.264 e. The maximum absolute atomic E-state index is 12.3. The number of carbonyl (C=O) groups excluding carboxylic acids is 2. The van der Waals surface area contributed by atoms with Crippen molar-refractivity contribution in [2.45, 2.75) is 13.5 Å². The molecule has 6 nitrogen and oxygen atoms in total. The number of hydrogen-bond donors (Lipinski definition) is 1. The number of aromatic carboxylic acids is 1. The highest BCUT2D eigenvalue weighted by Gasteiger charge is 2.23. The number of nitrogens with one attached hydrogen (secondary N) is 1. The van der Waals surface area contributed by atoms with E-state index < -0.39 is 5.97 Å². The molecule has 160 valence electrons. The minimum absolute atomic E-state index is 0.116. The third-order valence-corrected chi connectivity index (χ3v) is 5.57. The molecular weight excluding hydrogens is 424 g/mol. The first kappa shape index (κ1) is 21.4. The van der Waals surface area contributed by atoms with E-state index in [1.807, 2.05) is 43.3 Å². The van der Waals surface area contributed by atoms with Crippen LogP contribution in [0.5, 0.6) is 5.75 Å². The number of rotatable bonds is 6. The molecule has 7 heteroatoms. The molecule has 0 unspecified atom stereocenters. The van der Waals surface area contributed by atoms with Crippen molar-refractivity contribution in [2.24, 2.45) is 4.99 Å². The fourth-order valence-electron chi connectivity index (χ4n) is 2.98. The molecule has 0 spiro atoms. The number of thioether (sulfide) groups is 1. The summed E-state index contributed by atoms with van der Waals surface area (Å²) in [5.74, 6) is -0.768. The monoisotopic (exact) mass is 443 g/mol. The summed E-state index contributed by atoms with van der Waals surface area (Å²) in [5.41, 5.74) is 3.64. The molecule has 3 aromatic rings. The zero-order valence-electron chi connectivity index (χ0n) is 17.2. The summed E-state index contributed by atoms with van der Waals surface area (Å²) in [5, 5.41) is 14.3. The second kappa shape index (κ2) is 9.53. The van der Waals surface area contributed by atoms with Crippen LogP contribution in [0, 0.1) is 6.92 Å². The predicted octanol–water partition coefficient (Wildman–Crippen LogP) is 3.83. The Balaban J connectivity index is 1.39. The second-order valence-electron chi connectivity index (χ2n) is 7.16. The SMILES string of the molecule is Cc1ccc(N=C2NC(=O)C(=Cc3ccc(OCc4cccc(C(=O)[O-])c4)cc3)S2)cc1. The van der Waals surface area contributed by atoms with Gasteiger partial charge in [-0.2, -0.15) is 0 Å². The first-order valence-electron chi connectivity index (χ1n) is 9.86. The highest BCUT2D eigenvalue weighted by molar-refractivity contribution is 8.18. The first-order valence-corrected chi connectivity index (χ1v) is 10.7. The number of aliphatic imine (C=N–C) groups is 1. The van der Waals surface area contributed by atoms with Gasteiger partial charge >= 0.3 is 0 Å². The molecule has 4 rings (SSSR count). The standard InChI is InChI=1S/C25H20N2O4S/c1-16-5-9-20(10-6-16)26-25-27-23(28)22(32-25)14-17-7-11-21(12-8-17)31-15-18-3-2-4-19(13-18)24(29)30/h2-14H,15H2,1H3,(H,29,30)(H,26,27,28)/p-1. The third-order valence-electron chi connectivity index (χ3n) is 4.66. The molecule has 1 aliphatic rings. The fraction of sp³-hybridized carbons (Fsp3) is 0.0800.